The second kappa shape index (κ2) is 7.16. The molecule has 0 aliphatic carbocycles. The van der Waals surface area contributed by atoms with E-state index in [1.54, 1.807) is 4.90 Å². The summed E-state index contributed by atoms with van der Waals surface area (Å²) in [7, 11) is 0. The molecule has 126 valence electrons. The topological polar surface area (TPSA) is 98.7 Å². The summed E-state index contributed by atoms with van der Waals surface area (Å²) in [5.41, 5.74) is 5.37. The fourth-order valence-electron chi connectivity index (χ4n) is 2.96. The smallest absolute Gasteiger partial charge is 0.291 e. The standard InChI is InChI=1S/C17H19N3O4/c18-16(21)8-12-10-20(17(22)15-9-19-11-23-15)7-6-14(12)24-13-4-2-1-3-5-13/h1-5,9,11-12,14H,6-8,10H2,(H2,18,21)/t12-,14-/m1/s1. The normalized spacial score (nSPS) is 20.6. The quantitative estimate of drug-likeness (QED) is 0.895. The molecule has 1 aromatic carbocycles. The van der Waals surface area contributed by atoms with Gasteiger partial charge in [-0.2, -0.15) is 0 Å². The van der Waals surface area contributed by atoms with Gasteiger partial charge in [-0.25, -0.2) is 4.98 Å². The summed E-state index contributed by atoms with van der Waals surface area (Å²) < 4.78 is 11.1. The van der Waals surface area contributed by atoms with Gasteiger partial charge in [0.05, 0.1) is 6.20 Å². The number of carbonyl (C=O) groups excluding carboxylic acids is 2. The maximum atomic E-state index is 12.4. The van der Waals surface area contributed by atoms with Crippen LogP contribution in [-0.4, -0.2) is 40.9 Å². The Morgan fingerprint density at radius 3 is 2.79 bits per heavy atom. The minimum Gasteiger partial charge on any atom is -0.490 e. The second-order valence-electron chi connectivity index (χ2n) is 5.81. The summed E-state index contributed by atoms with van der Waals surface area (Å²) in [4.78, 5) is 29.2. The molecular weight excluding hydrogens is 310 g/mol. The summed E-state index contributed by atoms with van der Waals surface area (Å²) in [5, 5.41) is 0. The lowest BCUT2D eigenvalue weighted by atomic mass is 9.91. The Hall–Kier alpha value is -2.83. The summed E-state index contributed by atoms with van der Waals surface area (Å²) in [5.74, 6) is 0.126. The van der Waals surface area contributed by atoms with E-state index in [2.05, 4.69) is 4.98 Å². The van der Waals surface area contributed by atoms with Crippen molar-refractivity contribution in [2.75, 3.05) is 13.1 Å². The molecule has 7 nitrogen and oxygen atoms in total. The van der Waals surface area contributed by atoms with Crippen molar-refractivity contribution in [3.63, 3.8) is 0 Å². The molecule has 1 aromatic heterocycles. The van der Waals surface area contributed by atoms with Crippen LogP contribution >= 0.6 is 0 Å². The number of amides is 2. The molecule has 1 fully saturated rings. The Kier molecular flexibility index (Phi) is 4.79. The van der Waals surface area contributed by atoms with Gasteiger partial charge in [-0.1, -0.05) is 18.2 Å². The van der Waals surface area contributed by atoms with Gasteiger partial charge in [-0.15, -0.1) is 0 Å². The molecule has 3 rings (SSSR count). The van der Waals surface area contributed by atoms with Crippen molar-refractivity contribution in [1.29, 1.82) is 0 Å². The van der Waals surface area contributed by atoms with Crippen LogP contribution in [0.25, 0.3) is 0 Å². The molecule has 1 aliphatic rings. The number of nitrogens with zero attached hydrogens (tertiary/aromatic N) is 2. The number of oxazole rings is 1. The van der Waals surface area contributed by atoms with Crippen molar-refractivity contribution in [2.24, 2.45) is 11.7 Å². The number of ether oxygens (including phenoxy) is 1. The number of rotatable bonds is 5. The van der Waals surface area contributed by atoms with Crippen molar-refractivity contribution in [1.82, 2.24) is 9.88 Å². The highest BCUT2D eigenvalue weighted by Crippen LogP contribution is 2.26. The number of aromatic nitrogens is 1. The fourth-order valence-corrected chi connectivity index (χ4v) is 2.96. The minimum absolute atomic E-state index is 0.164. The predicted molar refractivity (Wildman–Crippen MR) is 85.2 cm³/mol. The number of carbonyl (C=O) groups is 2. The molecule has 2 atom stereocenters. The van der Waals surface area contributed by atoms with Crippen LogP contribution in [0.15, 0.2) is 47.3 Å². The molecule has 1 aliphatic heterocycles. The molecule has 2 heterocycles. The van der Waals surface area contributed by atoms with E-state index < -0.39 is 5.91 Å². The van der Waals surface area contributed by atoms with E-state index in [9.17, 15) is 9.59 Å². The van der Waals surface area contributed by atoms with E-state index >= 15 is 0 Å². The predicted octanol–water partition coefficient (Wildman–Crippen LogP) is 1.46. The Labute approximate surface area is 139 Å². The number of piperidine rings is 1. The Morgan fingerprint density at radius 2 is 2.12 bits per heavy atom. The first-order chi connectivity index (χ1) is 11.6. The number of nitrogens with two attached hydrogens (primary N) is 1. The van der Waals surface area contributed by atoms with Gasteiger partial charge in [0.25, 0.3) is 5.91 Å². The van der Waals surface area contributed by atoms with Gasteiger partial charge in [0.1, 0.15) is 11.9 Å². The minimum atomic E-state index is -0.407. The third kappa shape index (κ3) is 3.73. The monoisotopic (exact) mass is 329 g/mol. The van der Waals surface area contributed by atoms with Crippen LogP contribution in [0.3, 0.4) is 0 Å². The third-order valence-electron chi connectivity index (χ3n) is 4.09. The third-order valence-corrected chi connectivity index (χ3v) is 4.09. The molecule has 0 bridgehead atoms. The zero-order valence-corrected chi connectivity index (χ0v) is 13.1. The van der Waals surface area contributed by atoms with E-state index in [0.717, 1.165) is 5.75 Å². The summed E-state index contributed by atoms with van der Waals surface area (Å²) >= 11 is 0. The number of hydrogen-bond donors (Lipinski definition) is 1. The molecule has 2 N–H and O–H groups in total. The Balaban J connectivity index is 1.70. The van der Waals surface area contributed by atoms with Crippen LogP contribution in [0.4, 0.5) is 0 Å². The maximum Gasteiger partial charge on any atom is 0.291 e. The molecule has 24 heavy (non-hydrogen) atoms. The first kappa shape index (κ1) is 16.0. The lowest BCUT2D eigenvalue weighted by Crippen LogP contribution is -2.49. The second-order valence-corrected chi connectivity index (χ2v) is 5.81. The molecule has 0 spiro atoms. The number of primary amides is 1. The number of benzene rings is 1. The SMILES string of the molecule is NC(=O)C[C@@H]1CN(C(=O)c2cnco2)CC[C@H]1Oc1ccccc1. The maximum absolute atomic E-state index is 12.4. The van der Waals surface area contributed by atoms with E-state index in [0.29, 0.717) is 19.5 Å². The highest BCUT2D eigenvalue weighted by atomic mass is 16.5. The average Bonchev–Trinajstić information content (AvgIpc) is 3.11. The number of likely N-dealkylation sites (tertiary alicyclic amines) is 1. The van der Waals surface area contributed by atoms with Crippen LogP contribution in [0.2, 0.25) is 0 Å². The van der Waals surface area contributed by atoms with Crippen molar-refractivity contribution >= 4 is 11.8 Å². The fraction of sp³-hybridized carbons (Fsp3) is 0.353. The summed E-state index contributed by atoms with van der Waals surface area (Å²) in [6, 6.07) is 9.43. The molecule has 0 unspecified atom stereocenters. The van der Waals surface area contributed by atoms with Crippen LogP contribution < -0.4 is 10.5 Å². The van der Waals surface area contributed by atoms with E-state index in [1.165, 1.54) is 12.6 Å². The lowest BCUT2D eigenvalue weighted by molar-refractivity contribution is -0.120. The largest absolute Gasteiger partial charge is 0.490 e. The molecule has 7 heteroatoms. The number of hydrogen-bond acceptors (Lipinski definition) is 5. The van der Waals surface area contributed by atoms with Gasteiger partial charge in [0.15, 0.2) is 6.39 Å². The Morgan fingerprint density at radius 1 is 1.33 bits per heavy atom. The molecule has 1 saturated heterocycles. The summed E-state index contributed by atoms with van der Waals surface area (Å²) in [6.07, 6.45) is 3.22. The van der Waals surface area contributed by atoms with Crippen molar-refractivity contribution in [2.45, 2.75) is 18.9 Å². The van der Waals surface area contributed by atoms with Gasteiger partial charge >= 0.3 is 0 Å². The van der Waals surface area contributed by atoms with Gasteiger partial charge < -0.3 is 19.8 Å². The van der Waals surface area contributed by atoms with Crippen LogP contribution in [0.5, 0.6) is 5.75 Å². The molecule has 2 amide bonds. The average molecular weight is 329 g/mol. The lowest BCUT2D eigenvalue weighted by Gasteiger charge is -2.37. The van der Waals surface area contributed by atoms with Gasteiger partial charge in [-0.05, 0) is 12.1 Å². The Bertz CT molecular complexity index is 687. The van der Waals surface area contributed by atoms with Gasteiger partial charge in [0.2, 0.25) is 11.7 Å². The van der Waals surface area contributed by atoms with Crippen molar-refractivity contribution in [3.8, 4) is 5.75 Å². The van der Waals surface area contributed by atoms with E-state index in [4.69, 9.17) is 14.9 Å². The van der Waals surface area contributed by atoms with E-state index in [1.807, 2.05) is 30.3 Å². The van der Waals surface area contributed by atoms with Crippen LogP contribution in [-0.2, 0) is 4.79 Å². The van der Waals surface area contributed by atoms with Gasteiger partial charge in [-0.3, -0.25) is 9.59 Å². The zero-order valence-electron chi connectivity index (χ0n) is 13.1. The van der Waals surface area contributed by atoms with Gasteiger partial charge in [0, 0.05) is 31.8 Å². The molecule has 0 radical (unpaired) electrons. The van der Waals surface area contributed by atoms with Crippen molar-refractivity contribution < 1.29 is 18.7 Å². The highest BCUT2D eigenvalue weighted by Gasteiger charge is 2.35. The zero-order chi connectivity index (χ0) is 16.9. The van der Waals surface area contributed by atoms with Crippen LogP contribution in [0, 0.1) is 5.92 Å². The first-order valence-electron chi connectivity index (χ1n) is 7.81. The molecule has 0 saturated carbocycles. The van der Waals surface area contributed by atoms with Crippen molar-refractivity contribution in [3.05, 3.63) is 48.7 Å². The summed E-state index contributed by atoms with van der Waals surface area (Å²) in [6.45, 7) is 0.909. The first-order valence-corrected chi connectivity index (χ1v) is 7.81. The van der Waals surface area contributed by atoms with E-state index in [-0.39, 0.29) is 30.1 Å². The van der Waals surface area contributed by atoms with Crippen LogP contribution in [0.1, 0.15) is 23.4 Å². The molecule has 2 aromatic rings. The number of para-hydroxylation sites is 1. The highest BCUT2D eigenvalue weighted by molar-refractivity contribution is 5.91. The molecular formula is C17H19N3O4.